The van der Waals surface area contributed by atoms with Gasteiger partial charge in [-0.3, -0.25) is 0 Å². The summed E-state index contributed by atoms with van der Waals surface area (Å²) in [5, 5.41) is 2.27. The number of para-hydroxylation sites is 1. The van der Waals surface area contributed by atoms with Crippen LogP contribution in [0.2, 0.25) is 0 Å². The third-order valence-corrected chi connectivity index (χ3v) is 31.4. The zero-order valence-corrected chi connectivity index (χ0v) is 69.3. The van der Waals surface area contributed by atoms with E-state index in [9.17, 15) is 0 Å². The van der Waals surface area contributed by atoms with E-state index >= 15 is 0 Å². The van der Waals surface area contributed by atoms with Crippen molar-refractivity contribution >= 4 is 56.1 Å². The summed E-state index contributed by atoms with van der Waals surface area (Å²) >= 11 is 0. The highest BCUT2D eigenvalue weighted by atomic mass is 16.3. The van der Waals surface area contributed by atoms with Crippen molar-refractivity contribution in [2.45, 2.75) is 94.3 Å². The van der Waals surface area contributed by atoms with Crippen molar-refractivity contribution in [2.24, 2.45) is 47.3 Å². The Bertz CT molecular complexity index is 6890. The molecule has 1 aromatic heterocycles. The van der Waals surface area contributed by atoms with Crippen molar-refractivity contribution in [2.75, 3.05) is 9.80 Å². The lowest BCUT2D eigenvalue weighted by atomic mass is 9.42. The van der Waals surface area contributed by atoms with Gasteiger partial charge in [0.15, 0.2) is 0 Å². The van der Waals surface area contributed by atoms with E-state index in [-0.39, 0.29) is 16.2 Å². The number of rotatable bonds is 12. The van der Waals surface area contributed by atoms with Crippen molar-refractivity contribution in [3.8, 4) is 100 Å². The number of nitrogens with zero attached hydrogens (tertiary/aromatic N) is 2. The van der Waals surface area contributed by atoms with Crippen LogP contribution in [0.1, 0.15) is 111 Å². The highest BCUT2D eigenvalue weighted by Crippen LogP contribution is 2.73. The number of furan rings is 1. The fourth-order valence-electron chi connectivity index (χ4n) is 26.7. The second-order valence-electron chi connectivity index (χ2n) is 37.8. The van der Waals surface area contributed by atoms with Gasteiger partial charge < -0.3 is 14.2 Å². The molecule has 0 unspecified atom stereocenters. The van der Waals surface area contributed by atoms with Crippen molar-refractivity contribution in [3.63, 3.8) is 0 Å². The molecule has 0 N–H and O–H groups in total. The molecule has 2 spiro atoms. The van der Waals surface area contributed by atoms with E-state index in [1.165, 1.54) is 181 Å². The minimum Gasteiger partial charge on any atom is -0.456 e. The summed E-state index contributed by atoms with van der Waals surface area (Å²) in [6.07, 6.45) is 14.1. The fraction of sp³-hybridized carbons (Fsp3) is 0.193. The van der Waals surface area contributed by atoms with Crippen LogP contribution in [-0.4, -0.2) is 0 Å². The monoisotopic (exact) mass is 1570 g/mol. The van der Waals surface area contributed by atoms with Gasteiger partial charge in [-0.25, -0.2) is 0 Å². The van der Waals surface area contributed by atoms with Gasteiger partial charge >= 0.3 is 0 Å². The molecule has 0 saturated heterocycles. The van der Waals surface area contributed by atoms with Crippen molar-refractivity contribution in [1.82, 2.24) is 0 Å². The molecule has 0 radical (unpaired) electrons. The predicted octanol–water partition coefficient (Wildman–Crippen LogP) is 32.0. The van der Waals surface area contributed by atoms with E-state index in [1.807, 2.05) is 12.1 Å². The maximum absolute atomic E-state index is 6.38. The molecule has 11 aliphatic carbocycles. The minimum absolute atomic E-state index is 0.0825. The zero-order chi connectivity index (χ0) is 80.5. The summed E-state index contributed by atoms with van der Waals surface area (Å²) < 4.78 is 6.38. The lowest BCUT2D eigenvalue weighted by Crippen LogP contribution is -2.55. The molecule has 0 amide bonds. The van der Waals surface area contributed by atoms with E-state index in [0.717, 1.165) is 97.7 Å². The molecular weight excluding hydrogens is 1470 g/mol. The molecule has 0 aliphatic heterocycles. The third kappa shape index (κ3) is 11.0. The Labute approximate surface area is 716 Å². The van der Waals surface area contributed by atoms with Crippen LogP contribution in [0.25, 0.3) is 122 Å². The van der Waals surface area contributed by atoms with Crippen LogP contribution in [0.3, 0.4) is 0 Å². The third-order valence-electron chi connectivity index (χ3n) is 31.4. The Morgan fingerprint density at radius 2 is 0.549 bits per heavy atom. The Morgan fingerprint density at radius 3 is 1.00 bits per heavy atom. The number of benzene rings is 16. The molecule has 28 rings (SSSR count). The van der Waals surface area contributed by atoms with Gasteiger partial charge in [-0.05, 0) is 312 Å². The van der Waals surface area contributed by atoms with Gasteiger partial charge in [-0.15, -0.1) is 0 Å². The normalized spacial score (nSPS) is 22.5. The van der Waals surface area contributed by atoms with E-state index in [1.54, 1.807) is 22.3 Å². The molecule has 8 fully saturated rings. The molecule has 8 bridgehead atoms. The highest BCUT2D eigenvalue weighted by Gasteiger charge is 2.64. The van der Waals surface area contributed by atoms with Gasteiger partial charge in [-0.2, -0.15) is 0 Å². The Morgan fingerprint density at radius 1 is 0.230 bits per heavy atom. The Hall–Kier alpha value is -13.1. The molecule has 122 heavy (non-hydrogen) atoms. The standard InChI is InChI=1S/C61H51N.C58H45NO/c1-60(2)54-18-8-7-15-53(54)58-56(60)20-11-21-57(58)62(48-30-26-43(27-31-48)41-12-4-3-5-13-41)49-32-28-44(29-33-49)42-22-24-45(25-23-42)50-16-10-17-52-51-14-6-9-19-55(51)61(59(50)52)46-35-39-34-40(37-46)38-47(61)36-39;1-2-9-39(10-3-1)41-21-25-46(26-22-41)59(48-29-30-52-51-12-5-7-16-55(51)60-56(52)36-48)47-27-23-42(24-28-47)40-17-19-43(20-18-40)49-13-8-14-53-50-11-4-6-15-54(50)58(57(49)53)44-32-37-31-38(34-44)35-45(58)33-37/h3-33,39-40,46-47H,34-38H2,1-2H3;1-30,36-38,44-45H,31-35H2. The molecular formula is C119H96N2O. The topological polar surface area (TPSA) is 19.6 Å². The first-order valence-electron chi connectivity index (χ1n) is 45.1. The van der Waals surface area contributed by atoms with Gasteiger partial charge in [-0.1, -0.05) is 311 Å². The number of fused-ring (bicyclic) bond motifs is 12. The van der Waals surface area contributed by atoms with E-state index < -0.39 is 0 Å². The molecule has 3 heteroatoms. The average Bonchev–Trinajstić information content (AvgIpc) is 1.49. The highest BCUT2D eigenvalue weighted by molar-refractivity contribution is 6.06. The number of hydrogen-bond acceptors (Lipinski definition) is 3. The predicted molar refractivity (Wildman–Crippen MR) is 506 cm³/mol. The van der Waals surface area contributed by atoms with E-state index in [0.29, 0.717) is 0 Å². The lowest BCUT2D eigenvalue weighted by Gasteiger charge is -2.61. The minimum atomic E-state index is -0.0825. The summed E-state index contributed by atoms with van der Waals surface area (Å²) in [6.45, 7) is 4.73. The maximum Gasteiger partial charge on any atom is 0.137 e. The van der Waals surface area contributed by atoms with E-state index in [4.69, 9.17) is 4.42 Å². The second kappa shape index (κ2) is 28.0. The first-order valence-corrected chi connectivity index (χ1v) is 45.1. The van der Waals surface area contributed by atoms with Crippen LogP contribution in [0.4, 0.5) is 34.1 Å². The van der Waals surface area contributed by atoms with Gasteiger partial charge in [0.1, 0.15) is 11.2 Å². The van der Waals surface area contributed by atoms with Gasteiger partial charge in [0.05, 0.1) is 5.69 Å². The van der Waals surface area contributed by atoms with Crippen molar-refractivity contribution < 1.29 is 4.42 Å². The summed E-state index contributed by atoms with van der Waals surface area (Å²) in [6, 6.07) is 141. The largest absolute Gasteiger partial charge is 0.456 e. The first-order chi connectivity index (χ1) is 60.1. The number of hydrogen-bond donors (Lipinski definition) is 0. The second-order valence-corrected chi connectivity index (χ2v) is 37.8. The van der Waals surface area contributed by atoms with Crippen LogP contribution in [0, 0.1) is 47.3 Å². The SMILES string of the molecule is CC1(C)c2ccccc2-c2c(N(c3ccc(-c4ccccc4)cc3)c3ccc(-c4ccc(-c5cccc6c5C5(c7ccccc7-6)C6CC7CC(C6)CC5C7)cc4)cc3)cccc21.c1ccc(-c2ccc(N(c3ccc(-c4ccc(-c5cccc6c5C5(c7ccccc7-6)C6CC7CC(C6)CC5C7)cc4)cc3)c3ccc4c(c3)oc3ccccc34)cc2)cc1. The summed E-state index contributed by atoms with van der Waals surface area (Å²) in [4.78, 5) is 4.80. The Kier molecular flexibility index (Phi) is 16.5. The maximum atomic E-state index is 6.38. The molecule has 0 atom stereocenters. The van der Waals surface area contributed by atoms with Crippen molar-refractivity contribution in [3.05, 3.63) is 409 Å². The van der Waals surface area contributed by atoms with Crippen LogP contribution in [0.15, 0.2) is 381 Å². The molecule has 588 valence electrons. The molecule has 1 heterocycles. The number of anilines is 6. The van der Waals surface area contributed by atoms with Gasteiger partial charge in [0.2, 0.25) is 0 Å². The van der Waals surface area contributed by atoms with Gasteiger partial charge in [0.25, 0.3) is 0 Å². The van der Waals surface area contributed by atoms with Crippen LogP contribution in [0.5, 0.6) is 0 Å². The van der Waals surface area contributed by atoms with Crippen LogP contribution in [-0.2, 0) is 16.2 Å². The lowest BCUT2D eigenvalue weighted by molar-refractivity contribution is -0.0397. The van der Waals surface area contributed by atoms with E-state index in [2.05, 4.69) is 388 Å². The summed E-state index contributed by atoms with van der Waals surface area (Å²) in [5.41, 5.74) is 42.0. The molecule has 17 aromatic rings. The van der Waals surface area contributed by atoms with Crippen LogP contribution >= 0.6 is 0 Å². The molecule has 8 saturated carbocycles. The smallest absolute Gasteiger partial charge is 0.137 e. The fourth-order valence-corrected chi connectivity index (χ4v) is 26.7. The summed E-state index contributed by atoms with van der Waals surface area (Å²) in [7, 11) is 0. The molecule has 11 aliphatic rings. The quantitative estimate of drug-likeness (QED) is 0.122. The van der Waals surface area contributed by atoms with Crippen molar-refractivity contribution in [1.29, 1.82) is 0 Å². The Balaban J connectivity index is 0.000000134. The summed E-state index contributed by atoms with van der Waals surface area (Å²) in [5.74, 6) is 6.72. The molecule has 16 aromatic carbocycles. The zero-order valence-electron chi connectivity index (χ0n) is 69.3. The van der Waals surface area contributed by atoms with Crippen LogP contribution < -0.4 is 9.80 Å². The molecule has 3 nitrogen and oxygen atoms in total. The average molecular weight is 1570 g/mol. The first kappa shape index (κ1) is 71.8. The van der Waals surface area contributed by atoms with Gasteiger partial charge in [0, 0.05) is 67.1 Å².